The lowest BCUT2D eigenvalue weighted by Gasteiger charge is -2.22. The van der Waals surface area contributed by atoms with Crippen LogP contribution in [0.4, 0.5) is 5.69 Å². The maximum atomic E-state index is 5.69. The summed E-state index contributed by atoms with van der Waals surface area (Å²) in [6, 6.07) is 2.14. The molecule has 0 amide bonds. The largest absolute Gasteiger partial charge is 0.371 e. The SMILES string of the molecule is CC(CN)Cc1cnccc1N1CCCC1. The molecule has 1 unspecified atom stereocenters. The summed E-state index contributed by atoms with van der Waals surface area (Å²) >= 11 is 0. The average molecular weight is 219 g/mol. The molecule has 0 bridgehead atoms. The predicted molar refractivity (Wildman–Crippen MR) is 67.6 cm³/mol. The number of hydrogen-bond acceptors (Lipinski definition) is 3. The van der Waals surface area contributed by atoms with Gasteiger partial charge in [0.1, 0.15) is 0 Å². The fourth-order valence-electron chi connectivity index (χ4n) is 2.30. The third-order valence-electron chi connectivity index (χ3n) is 3.30. The Morgan fingerprint density at radius 3 is 2.88 bits per heavy atom. The van der Waals surface area contributed by atoms with Crippen molar-refractivity contribution in [3.63, 3.8) is 0 Å². The molecule has 0 aromatic carbocycles. The number of nitrogens with zero attached hydrogens (tertiary/aromatic N) is 2. The van der Waals surface area contributed by atoms with E-state index in [2.05, 4.69) is 22.9 Å². The minimum Gasteiger partial charge on any atom is -0.371 e. The van der Waals surface area contributed by atoms with Crippen molar-refractivity contribution in [3.05, 3.63) is 24.0 Å². The van der Waals surface area contributed by atoms with Crippen molar-refractivity contribution in [2.45, 2.75) is 26.2 Å². The summed E-state index contributed by atoms with van der Waals surface area (Å²) in [5, 5.41) is 0. The van der Waals surface area contributed by atoms with Gasteiger partial charge in [0.15, 0.2) is 0 Å². The Morgan fingerprint density at radius 2 is 2.19 bits per heavy atom. The average Bonchev–Trinajstić information content (AvgIpc) is 2.83. The van der Waals surface area contributed by atoms with Crippen LogP contribution in [0.2, 0.25) is 0 Å². The Kier molecular flexibility index (Phi) is 3.78. The second-order valence-electron chi connectivity index (χ2n) is 4.74. The first-order valence-corrected chi connectivity index (χ1v) is 6.19. The van der Waals surface area contributed by atoms with Gasteiger partial charge < -0.3 is 10.6 Å². The molecule has 1 aliphatic rings. The number of nitrogens with two attached hydrogens (primary N) is 1. The van der Waals surface area contributed by atoms with Gasteiger partial charge in [-0.3, -0.25) is 4.98 Å². The number of rotatable bonds is 4. The Hall–Kier alpha value is -1.09. The van der Waals surface area contributed by atoms with Crippen molar-refractivity contribution in [3.8, 4) is 0 Å². The van der Waals surface area contributed by atoms with E-state index in [1.54, 1.807) is 0 Å². The van der Waals surface area contributed by atoms with Gasteiger partial charge in [0.05, 0.1) is 0 Å². The summed E-state index contributed by atoms with van der Waals surface area (Å²) in [6.45, 7) is 5.32. The van der Waals surface area contributed by atoms with Gasteiger partial charge in [-0.15, -0.1) is 0 Å². The van der Waals surface area contributed by atoms with Crippen molar-refractivity contribution < 1.29 is 0 Å². The van der Waals surface area contributed by atoms with Gasteiger partial charge in [0.25, 0.3) is 0 Å². The zero-order valence-corrected chi connectivity index (χ0v) is 10.0. The molecule has 3 heteroatoms. The van der Waals surface area contributed by atoms with Crippen molar-refractivity contribution in [2.24, 2.45) is 11.7 Å². The van der Waals surface area contributed by atoms with E-state index < -0.39 is 0 Å². The van der Waals surface area contributed by atoms with Crippen LogP contribution in [0.3, 0.4) is 0 Å². The van der Waals surface area contributed by atoms with Gasteiger partial charge in [-0.2, -0.15) is 0 Å². The van der Waals surface area contributed by atoms with Gasteiger partial charge >= 0.3 is 0 Å². The summed E-state index contributed by atoms with van der Waals surface area (Å²) in [6.07, 6.45) is 7.56. The van der Waals surface area contributed by atoms with Gasteiger partial charge in [0, 0.05) is 31.2 Å². The highest BCUT2D eigenvalue weighted by Crippen LogP contribution is 2.25. The summed E-state index contributed by atoms with van der Waals surface area (Å²) in [5.74, 6) is 0.533. The molecule has 2 rings (SSSR count). The summed E-state index contributed by atoms with van der Waals surface area (Å²) in [7, 11) is 0. The molecule has 2 N–H and O–H groups in total. The van der Waals surface area contributed by atoms with Gasteiger partial charge in [-0.1, -0.05) is 6.92 Å². The van der Waals surface area contributed by atoms with E-state index >= 15 is 0 Å². The van der Waals surface area contributed by atoms with Crippen LogP contribution in [0.25, 0.3) is 0 Å². The van der Waals surface area contributed by atoms with Crippen LogP contribution in [-0.2, 0) is 6.42 Å². The molecule has 3 nitrogen and oxygen atoms in total. The second kappa shape index (κ2) is 5.30. The quantitative estimate of drug-likeness (QED) is 0.840. The van der Waals surface area contributed by atoms with E-state index in [0.29, 0.717) is 5.92 Å². The first-order chi connectivity index (χ1) is 7.81. The standard InChI is InChI=1S/C13H21N3/c1-11(9-14)8-12-10-15-5-4-13(12)16-6-2-3-7-16/h4-5,10-11H,2-3,6-9,14H2,1H3. The summed E-state index contributed by atoms with van der Waals surface area (Å²) in [5.41, 5.74) is 8.41. The lowest BCUT2D eigenvalue weighted by atomic mass is 10.0. The molecular formula is C13H21N3. The summed E-state index contributed by atoms with van der Waals surface area (Å²) < 4.78 is 0. The fourth-order valence-corrected chi connectivity index (χ4v) is 2.30. The maximum Gasteiger partial charge on any atom is 0.0429 e. The minimum absolute atomic E-state index is 0.533. The van der Waals surface area contributed by atoms with Crippen molar-refractivity contribution in [1.29, 1.82) is 0 Å². The minimum atomic E-state index is 0.533. The van der Waals surface area contributed by atoms with Crippen LogP contribution in [0, 0.1) is 5.92 Å². The topological polar surface area (TPSA) is 42.1 Å². The lowest BCUT2D eigenvalue weighted by Crippen LogP contribution is -2.21. The molecule has 16 heavy (non-hydrogen) atoms. The highest BCUT2D eigenvalue weighted by Gasteiger charge is 2.16. The molecule has 2 heterocycles. The molecule has 1 aromatic rings. The van der Waals surface area contributed by atoms with Crippen LogP contribution in [0.5, 0.6) is 0 Å². The van der Waals surface area contributed by atoms with E-state index in [0.717, 1.165) is 13.0 Å². The van der Waals surface area contributed by atoms with Crippen LogP contribution in [-0.4, -0.2) is 24.6 Å². The van der Waals surface area contributed by atoms with Gasteiger partial charge in [-0.05, 0) is 43.4 Å². The predicted octanol–water partition coefficient (Wildman–Crippen LogP) is 1.82. The highest BCUT2D eigenvalue weighted by atomic mass is 15.1. The van der Waals surface area contributed by atoms with Crippen LogP contribution >= 0.6 is 0 Å². The molecule has 1 saturated heterocycles. The summed E-state index contributed by atoms with van der Waals surface area (Å²) in [4.78, 5) is 6.71. The Morgan fingerprint density at radius 1 is 1.44 bits per heavy atom. The maximum absolute atomic E-state index is 5.69. The van der Waals surface area contributed by atoms with Crippen molar-refractivity contribution in [1.82, 2.24) is 4.98 Å². The molecule has 0 aliphatic carbocycles. The van der Waals surface area contributed by atoms with Crippen LogP contribution in [0.1, 0.15) is 25.3 Å². The molecular weight excluding hydrogens is 198 g/mol. The first kappa shape index (κ1) is 11.4. The highest BCUT2D eigenvalue weighted by molar-refractivity contribution is 5.53. The van der Waals surface area contributed by atoms with Crippen molar-refractivity contribution >= 4 is 5.69 Å². The second-order valence-corrected chi connectivity index (χ2v) is 4.74. The molecule has 1 aliphatic heterocycles. The fraction of sp³-hybridized carbons (Fsp3) is 0.615. The first-order valence-electron chi connectivity index (χ1n) is 6.19. The molecule has 0 spiro atoms. The normalized spacial score (nSPS) is 17.8. The number of aromatic nitrogens is 1. The number of pyridine rings is 1. The molecule has 88 valence electrons. The smallest absolute Gasteiger partial charge is 0.0429 e. The number of anilines is 1. The molecule has 1 fully saturated rings. The van der Waals surface area contributed by atoms with Gasteiger partial charge in [-0.25, -0.2) is 0 Å². The zero-order valence-electron chi connectivity index (χ0n) is 10.0. The third kappa shape index (κ3) is 2.53. The molecule has 0 radical (unpaired) electrons. The van der Waals surface area contributed by atoms with Gasteiger partial charge in [0.2, 0.25) is 0 Å². The van der Waals surface area contributed by atoms with Crippen LogP contribution in [0.15, 0.2) is 18.5 Å². The van der Waals surface area contributed by atoms with Crippen LogP contribution < -0.4 is 10.6 Å². The molecule has 1 atom stereocenters. The Balaban J connectivity index is 2.16. The van der Waals surface area contributed by atoms with Crippen molar-refractivity contribution in [2.75, 3.05) is 24.5 Å². The molecule has 0 saturated carbocycles. The Labute approximate surface area is 97.7 Å². The molecule has 1 aromatic heterocycles. The lowest BCUT2D eigenvalue weighted by molar-refractivity contribution is 0.591. The monoisotopic (exact) mass is 219 g/mol. The van der Waals surface area contributed by atoms with E-state index in [1.165, 1.54) is 37.2 Å². The van der Waals surface area contributed by atoms with E-state index in [4.69, 9.17) is 5.73 Å². The number of hydrogen-bond donors (Lipinski definition) is 1. The van der Waals surface area contributed by atoms with E-state index in [1.807, 2.05) is 12.4 Å². The Bertz CT molecular complexity index is 332. The zero-order chi connectivity index (χ0) is 11.4. The third-order valence-corrected chi connectivity index (χ3v) is 3.30. The van der Waals surface area contributed by atoms with E-state index in [9.17, 15) is 0 Å². The van der Waals surface area contributed by atoms with E-state index in [-0.39, 0.29) is 0 Å².